The van der Waals surface area contributed by atoms with Gasteiger partial charge in [-0.3, -0.25) is 9.69 Å². The molecule has 2 saturated carbocycles. The number of hydrogen-bond acceptors (Lipinski definition) is 6. The second-order valence-electron chi connectivity index (χ2n) is 12.2. The Labute approximate surface area is 228 Å². The summed E-state index contributed by atoms with van der Waals surface area (Å²) in [4.78, 5) is 20.9. The van der Waals surface area contributed by atoms with Crippen LogP contribution in [0.3, 0.4) is 0 Å². The molecule has 1 spiro atoms. The van der Waals surface area contributed by atoms with Gasteiger partial charge in [-0.1, -0.05) is 12.1 Å². The Morgan fingerprint density at radius 2 is 2.00 bits per heavy atom. The van der Waals surface area contributed by atoms with E-state index in [1.165, 1.54) is 25.6 Å². The second-order valence-corrected chi connectivity index (χ2v) is 12.2. The van der Waals surface area contributed by atoms with Gasteiger partial charge in [0.05, 0.1) is 18.6 Å². The largest absolute Gasteiger partial charge is 0.379 e. The SMILES string of the molecule is C[C@@H](c1cc(C(=O)Nc2cccc(C3(C(F)c4nncn4C)COC3)c2)nc(C2CC2)c1)N1CCC2(CC2)C1. The Bertz CT molecular complexity index is 1410. The number of halogens is 1. The third-order valence-corrected chi connectivity index (χ3v) is 9.42. The van der Waals surface area contributed by atoms with Gasteiger partial charge in [-0.15, -0.1) is 10.2 Å². The molecule has 1 aromatic carbocycles. The van der Waals surface area contributed by atoms with Crippen LogP contribution in [0, 0.1) is 5.41 Å². The van der Waals surface area contributed by atoms with E-state index >= 15 is 4.39 Å². The Morgan fingerprint density at radius 3 is 2.64 bits per heavy atom. The van der Waals surface area contributed by atoms with Crippen LogP contribution >= 0.6 is 0 Å². The Hall–Kier alpha value is -3.17. The van der Waals surface area contributed by atoms with Crippen LogP contribution in [0.15, 0.2) is 42.7 Å². The summed E-state index contributed by atoms with van der Waals surface area (Å²) in [5.41, 5.74) is 3.68. The van der Waals surface area contributed by atoms with Crippen molar-refractivity contribution >= 4 is 11.6 Å². The topological polar surface area (TPSA) is 85.2 Å². The molecule has 0 bridgehead atoms. The fourth-order valence-corrected chi connectivity index (χ4v) is 6.27. The highest BCUT2D eigenvalue weighted by Gasteiger charge is 2.51. The Balaban J connectivity index is 1.13. The number of nitrogens with one attached hydrogen (secondary N) is 1. The van der Waals surface area contributed by atoms with Crippen LogP contribution in [-0.2, 0) is 17.2 Å². The van der Waals surface area contributed by atoms with E-state index in [2.05, 4.69) is 33.4 Å². The minimum absolute atomic E-state index is 0.239. The third-order valence-electron chi connectivity index (χ3n) is 9.42. The molecule has 4 heterocycles. The number of ether oxygens (including phenoxy) is 1. The van der Waals surface area contributed by atoms with Crippen molar-refractivity contribution in [3.8, 4) is 0 Å². The van der Waals surface area contributed by atoms with E-state index in [1.807, 2.05) is 30.3 Å². The first-order valence-electron chi connectivity index (χ1n) is 14.1. The van der Waals surface area contributed by atoms with Crippen molar-refractivity contribution in [3.05, 3.63) is 71.1 Å². The molecule has 4 fully saturated rings. The molecular weight excluding hydrogens is 495 g/mol. The van der Waals surface area contributed by atoms with Gasteiger partial charge in [-0.2, -0.15) is 0 Å². The summed E-state index contributed by atoms with van der Waals surface area (Å²) in [6, 6.07) is 11.8. The standard InChI is InChI=1S/C30H35FN6O2/c1-19(37-11-10-29(15-37)8-9-29)21-12-24(20-6-7-20)34-25(13-21)28(38)33-23-5-3-4-22(14-23)30(16-39-17-30)26(31)27-35-32-18-36(27)2/h3-5,12-14,18-20,26H,6-11,15-17H2,1-2H3,(H,33,38)/t19-,26?/m0/s1. The fourth-order valence-electron chi connectivity index (χ4n) is 6.27. The van der Waals surface area contributed by atoms with Crippen LogP contribution in [0.4, 0.5) is 10.1 Å². The molecule has 7 rings (SSSR count). The van der Waals surface area contributed by atoms with Crippen LogP contribution in [0.2, 0.25) is 0 Å². The van der Waals surface area contributed by atoms with Crippen LogP contribution in [-0.4, -0.2) is 56.9 Å². The van der Waals surface area contributed by atoms with E-state index in [4.69, 9.17) is 9.72 Å². The first kappa shape index (κ1) is 24.8. The molecule has 4 aliphatic rings. The van der Waals surface area contributed by atoms with Crippen molar-refractivity contribution in [2.75, 3.05) is 31.6 Å². The van der Waals surface area contributed by atoms with Gasteiger partial charge in [0.25, 0.3) is 5.91 Å². The Kier molecular flexibility index (Phi) is 5.86. The van der Waals surface area contributed by atoms with E-state index in [9.17, 15) is 4.79 Å². The highest BCUT2D eigenvalue weighted by molar-refractivity contribution is 6.03. The maximum atomic E-state index is 15.8. The minimum atomic E-state index is -1.38. The van der Waals surface area contributed by atoms with Gasteiger partial charge in [-0.25, -0.2) is 9.37 Å². The number of rotatable bonds is 8. The van der Waals surface area contributed by atoms with Crippen LogP contribution < -0.4 is 5.32 Å². The molecule has 2 saturated heterocycles. The Morgan fingerprint density at radius 1 is 1.18 bits per heavy atom. The van der Waals surface area contributed by atoms with E-state index in [0.29, 0.717) is 22.7 Å². The summed E-state index contributed by atoms with van der Waals surface area (Å²) in [6.45, 7) is 5.00. The normalized spacial score (nSPS) is 22.8. The van der Waals surface area contributed by atoms with Crippen molar-refractivity contribution in [2.24, 2.45) is 12.5 Å². The van der Waals surface area contributed by atoms with E-state index in [-0.39, 0.29) is 31.0 Å². The smallest absolute Gasteiger partial charge is 0.274 e. The van der Waals surface area contributed by atoms with Crippen molar-refractivity contribution in [1.82, 2.24) is 24.6 Å². The van der Waals surface area contributed by atoms with E-state index in [0.717, 1.165) is 42.8 Å². The molecule has 3 aromatic rings. The van der Waals surface area contributed by atoms with Gasteiger partial charge >= 0.3 is 0 Å². The monoisotopic (exact) mass is 530 g/mol. The van der Waals surface area contributed by atoms with Crippen molar-refractivity contribution in [2.45, 2.75) is 62.6 Å². The van der Waals surface area contributed by atoms with Gasteiger partial charge < -0.3 is 14.6 Å². The van der Waals surface area contributed by atoms with Gasteiger partial charge in [0, 0.05) is 36.9 Å². The zero-order chi connectivity index (χ0) is 26.8. The molecule has 0 radical (unpaired) electrons. The lowest BCUT2D eigenvalue weighted by Gasteiger charge is -2.43. The number of aryl methyl sites for hydroxylation is 1. The molecule has 204 valence electrons. The minimum Gasteiger partial charge on any atom is -0.379 e. The first-order chi connectivity index (χ1) is 18.9. The number of pyridine rings is 1. The van der Waals surface area contributed by atoms with Gasteiger partial charge in [-0.05, 0) is 86.4 Å². The number of benzene rings is 1. The highest BCUT2D eigenvalue weighted by Crippen LogP contribution is 2.54. The molecule has 2 aliphatic carbocycles. The zero-order valence-electron chi connectivity index (χ0n) is 22.6. The van der Waals surface area contributed by atoms with Crippen molar-refractivity contribution in [1.29, 1.82) is 0 Å². The summed E-state index contributed by atoms with van der Waals surface area (Å²) in [5, 5.41) is 10.9. The molecule has 1 N–H and O–H groups in total. The molecule has 39 heavy (non-hydrogen) atoms. The number of aromatic nitrogens is 4. The third kappa shape index (κ3) is 4.45. The summed E-state index contributed by atoms with van der Waals surface area (Å²) in [6.07, 6.45) is 6.35. The number of anilines is 1. The van der Waals surface area contributed by atoms with Crippen molar-refractivity contribution < 1.29 is 13.9 Å². The number of carbonyl (C=O) groups is 1. The molecule has 1 unspecified atom stereocenters. The molecule has 2 aliphatic heterocycles. The van der Waals surface area contributed by atoms with E-state index in [1.54, 1.807) is 11.6 Å². The highest BCUT2D eigenvalue weighted by atomic mass is 19.1. The maximum Gasteiger partial charge on any atom is 0.274 e. The number of alkyl halides is 1. The zero-order valence-corrected chi connectivity index (χ0v) is 22.6. The summed E-state index contributed by atoms with van der Waals surface area (Å²) >= 11 is 0. The van der Waals surface area contributed by atoms with Gasteiger partial charge in [0.15, 0.2) is 12.0 Å². The number of nitrogens with zero attached hydrogens (tertiary/aromatic N) is 5. The van der Waals surface area contributed by atoms with Crippen LogP contribution in [0.25, 0.3) is 0 Å². The van der Waals surface area contributed by atoms with Gasteiger partial charge in [0.2, 0.25) is 0 Å². The average Bonchev–Trinajstić information content (AvgIpc) is 3.81. The van der Waals surface area contributed by atoms with Crippen LogP contribution in [0.5, 0.6) is 0 Å². The predicted octanol–water partition coefficient (Wildman–Crippen LogP) is 4.87. The predicted molar refractivity (Wildman–Crippen MR) is 144 cm³/mol. The lowest BCUT2D eigenvalue weighted by Crippen LogP contribution is -2.50. The summed E-state index contributed by atoms with van der Waals surface area (Å²) in [5.74, 6) is 0.467. The molecule has 2 atom stereocenters. The fraction of sp³-hybridized carbons (Fsp3) is 0.533. The quantitative estimate of drug-likeness (QED) is 0.448. The molecular formula is C30H35FN6O2. The number of likely N-dealkylation sites (tertiary alicyclic amines) is 1. The summed E-state index contributed by atoms with van der Waals surface area (Å²) < 4.78 is 22.9. The molecule has 9 heteroatoms. The average molecular weight is 531 g/mol. The molecule has 2 aromatic heterocycles. The molecule has 8 nitrogen and oxygen atoms in total. The number of hydrogen-bond donors (Lipinski definition) is 1. The lowest BCUT2D eigenvalue weighted by atomic mass is 9.74. The van der Waals surface area contributed by atoms with Gasteiger partial charge in [0.1, 0.15) is 12.0 Å². The van der Waals surface area contributed by atoms with E-state index < -0.39 is 11.6 Å². The number of amides is 1. The first-order valence-corrected chi connectivity index (χ1v) is 14.1. The maximum absolute atomic E-state index is 15.8. The molecule has 1 amide bonds. The van der Waals surface area contributed by atoms with Crippen molar-refractivity contribution in [3.63, 3.8) is 0 Å². The lowest BCUT2D eigenvalue weighted by molar-refractivity contribution is -0.102. The summed E-state index contributed by atoms with van der Waals surface area (Å²) in [7, 11) is 1.73. The van der Waals surface area contributed by atoms with Crippen LogP contribution in [0.1, 0.15) is 90.3 Å². The number of carbonyl (C=O) groups excluding carboxylic acids is 1. The second kappa shape index (κ2) is 9.20.